The molecule has 2 aliphatic rings. The second-order valence-corrected chi connectivity index (χ2v) is 6.80. The number of pyridine rings is 1. The smallest absolute Gasteiger partial charge is 0.336 e. The summed E-state index contributed by atoms with van der Waals surface area (Å²) in [5.41, 5.74) is -0.937. The normalized spacial score (nSPS) is 16.7. The number of methoxy groups -OCH3 is 1. The molecule has 0 bridgehead atoms. The molecule has 0 atom stereocenters. The van der Waals surface area contributed by atoms with Crippen LogP contribution in [-0.2, 0) is 4.79 Å². The number of carbonyl (C=O) groups excluding carboxylic acids is 1. The summed E-state index contributed by atoms with van der Waals surface area (Å²) < 4.78 is 25.7. The number of ether oxygens (including phenoxy) is 2. The molecular weight excluding hydrogens is 379 g/mol. The van der Waals surface area contributed by atoms with Crippen molar-refractivity contribution in [3.05, 3.63) is 34.9 Å². The van der Waals surface area contributed by atoms with Crippen molar-refractivity contribution in [1.29, 1.82) is 0 Å². The molecule has 9 heteroatoms. The van der Waals surface area contributed by atoms with E-state index in [2.05, 4.69) is 4.98 Å². The number of nitrogens with zero attached hydrogens (tertiary/aromatic N) is 2. The first-order chi connectivity index (χ1) is 12.8. The van der Waals surface area contributed by atoms with Crippen molar-refractivity contribution < 1.29 is 28.6 Å². The van der Waals surface area contributed by atoms with Gasteiger partial charge in [-0.2, -0.15) is 0 Å². The summed E-state index contributed by atoms with van der Waals surface area (Å²) in [4.78, 5) is 29.4. The lowest BCUT2D eigenvalue weighted by atomic mass is 9.96. The minimum atomic E-state index is -1.30. The van der Waals surface area contributed by atoms with Crippen LogP contribution < -0.4 is 14.4 Å². The van der Waals surface area contributed by atoms with Crippen LogP contribution in [0.25, 0.3) is 11.1 Å². The van der Waals surface area contributed by atoms with Gasteiger partial charge in [-0.15, -0.1) is 0 Å². The molecule has 7 nitrogen and oxygen atoms in total. The number of carboxylic acid groups (broad SMARTS) is 1. The summed E-state index contributed by atoms with van der Waals surface area (Å²) in [7, 11) is 2.87. The summed E-state index contributed by atoms with van der Waals surface area (Å²) in [5, 5.41) is 9.25. The van der Waals surface area contributed by atoms with Gasteiger partial charge >= 0.3 is 5.97 Å². The lowest BCUT2D eigenvalue weighted by molar-refractivity contribution is -0.127. The largest absolute Gasteiger partial charge is 0.494 e. The van der Waals surface area contributed by atoms with E-state index in [-0.39, 0.29) is 28.3 Å². The zero-order valence-corrected chi connectivity index (χ0v) is 15.1. The maximum absolute atomic E-state index is 14.7. The number of hydrogen-bond donors (Lipinski definition) is 1. The third-order valence-electron chi connectivity index (χ3n) is 4.83. The molecule has 1 aromatic heterocycles. The average Bonchev–Trinajstić information content (AvgIpc) is 3.41. The number of amides is 1. The lowest BCUT2D eigenvalue weighted by Crippen LogP contribution is -2.45. The van der Waals surface area contributed by atoms with Crippen molar-refractivity contribution in [1.82, 2.24) is 4.98 Å². The Hall–Kier alpha value is -2.87. The summed E-state index contributed by atoms with van der Waals surface area (Å²) in [6, 6.07) is 2.69. The molecule has 2 aromatic rings. The Morgan fingerprint density at radius 2 is 2.15 bits per heavy atom. The van der Waals surface area contributed by atoms with Crippen LogP contribution >= 0.6 is 11.6 Å². The zero-order chi connectivity index (χ0) is 19.5. The van der Waals surface area contributed by atoms with Gasteiger partial charge in [0.15, 0.2) is 16.6 Å². The fourth-order valence-electron chi connectivity index (χ4n) is 3.25. The standard InChI is InChI=1S/C18H14ClFN2O5/c1-22-10-5-9(16(23)24)8(6-11(10)27-18(3-4-18)17(22)25)13-12(26-2)7-21-15(19)14(13)20/h5-7H,3-4H2,1-2H3,(H,23,24). The average molecular weight is 393 g/mol. The Bertz CT molecular complexity index is 1010. The number of anilines is 1. The number of fused-ring (bicyclic) bond motifs is 1. The van der Waals surface area contributed by atoms with E-state index in [1.807, 2.05) is 0 Å². The second kappa shape index (κ2) is 5.82. The number of hydrogen-bond acceptors (Lipinski definition) is 5. The monoisotopic (exact) mass is 392 g/mol. The number of aromatic carboxylic acids is 1. The molecule has 4 rings (SSSR count). The maximum Gasteiger partial charge on any atom is 0.336 e. The van der Waals surface area contributed by atoms with Crippen molar-refractivity contribution in [3.63, 3.8) is 0 Å². The van der Waals surface area contributed by atoms with Gasteiger partial charge in [-0.1, -0.05) is 11.6 Å². The molecule has 1 N–H and O–H groups in total. The number of benzene rings is 1. The van der Waals surface area contributed by atoms with E-state index in [1.54, 1.807) is 7.05 Å². The number of carboxylic acids is 1. The van der Waals surface area contributed by atoms with Crippen molar-refractivity contribution in [2.75, 3.05) is 19.1 Å². The van der Waals surface area contributed by atoms with Crippen LogP contribution in [0.1, 0.15) is 23.2 Å². The Morgan fingerprint density at radius 3 is 2.74 bits per heavy atom. The predicted molar refractivity (Wildman–Crippen MR) is 94.2 cm³/mol. The van der Waals surface area contributed by atoms with Crippen LogP contribution in [0, 0.1) is 5.82 Å². The number of aromatic nitrogens is 1. The Balaban J connectivity index is 1.99. The van der Waals surface area contributed by atoms with Crippen molar-refractivity contribution in [3.8, 4) is 22.6 Å². The first-order valence-corrected chi connectivity index (χ1v) is 8.44. The molecule has 0 saturated heterocycles. The van der Waals surface area contributed by atoms with Gasteiger partial charge in [0.1, 0.15) is 11.5 Å². The third-order valence-corrected chi connectivity index (χ3v) is 5.09. The summed E-state index contributed by atoms with van der Waals surface area (Å²) in [6.07, 6.45) is 2.36. The van der Waals surface area contributed by atoms with E-state index in [4.69, 9.17) is 21.1 Å². The molecule has 1 fully saturated rings. The highest BCUT2D eigenvalue weighted by atomic mass is 35.5. The topological polar surface area (TPSA) is 89.0 Å². The predicted octanol–water partition coefficient (Wildman–Crippen LogP) is 3.14. The molecule has 0 radical (unpaired) electrons. The maximum atomic E-state index is 14.7. The number of rotatable bonds is 3. The first kappa shape index (κ1) is 17.5. The molecule has 1 saturated carbocycles. The fraction of sp³-hybridized carbons (Fsp3) is 0.278. The van der Waals surface area contributed by atoms with Crippen LogP contribution in [0.5, 0.6) is 11.5 Å². The molecule has 1 amide bonds. The second-order valence-electron chi connectivity index (χ2n) is 6.44. The Morgan fingerprint density at radius 1 is 1.44 bits per heavy atom. The molecule has 27 heavy (non-hydrogen) atoms. The minimum absolute atomic E-state index is 0.0263. The van der Waals surface area contributed by atoms with Gasteiger partial charge in [0.2, 0.25) is 0 Å². The van der Waals surface area contributed by atoms with Crippen LogP contribution in [0.2, 0.25) is 5.15 Å². The number of halogens is 2. The van der Waals surface area contributed by atoms with Crippen LogP contribution in [0.15, 0.2) is 18.3 Å². The summed E-state index contributed by atoms with van der Waals surface area (Å²) >= 11 is 5.79. The Kier molecular flexibility index (Phi) is 3.78. The third kappa shape index (κ3) is 2.51. The molecule has 0 unspecified atom stereocenters. The van der Waals surface area contributed by atoms with Gasteiger partial charge in [-0.25, -0.2) is 14.2 Å². The van der Waals surface area contributed by atoms with Crippen LogP contribution in [0.3, 0.4) is 0 Å². The van der Waals surface area contributed by atoms with Gasteiger partial charge in [-0.3, -0.25) is 4.79 Å². The highest BCUT2D eigenvalue weighted by Gasteiger charge is 2.57. The van der Waals surface area contributed by atoms with E-state index < -0.39 is 22.5 Å². The van der Waals surface area contributed by atoms with E-state index in [1.165, 1.54) is 30.3 Å². The van der Waals surface area contributed by atoms with Gasteiger partial charge in [0, 0.05) is 25.5 Å². The molecule has 1 aromatic carbocycles. The molecule has 140 valence electrons. The molecule has 2 heterocycles. The molecule has 1 aliphatic carbocycles. The van der Waals surface area contributed by atoms with E-state index in [9.17, 15) is 19.1 Å². The van der Waals surface area contributed by atoms with Crippen LogP contribution in [-0.4, -0.2) is 41.7 Å². The summed E-state index contributed by atoms with van der Waals surface area (Å²) in [6.45, 7) is 0. The van der Waals surface area contributed by atoms with Gasteiger partial charge < -0.3 is 19.5 Å². The van der Waals surface area contributed by atoms with Crippen molar-refractivity contribution in [2.45, 2.75) is 18.4 Å². The molecule has 1 aliphatic heterocycles. The zero-order valence-electron chi connectivity index (χ0n) is 14.4. The number of likely N-dealkylation sites (N-methyl/N-ethyl adjacent to an activating group) is 1. The van der Waals surface area contributed by atoms with Gasteiger partial charge in [0.05, 0.1) is 30.1 Å². The minimum Gasteiger partial charge on any atom is -0.494 e. The number of carbonyl (C=O) groups is 2. The van der Waals surface area contributed by atoms with Crippen molar-refractivity contribution in [2.24, 2.45) is 0 Å². The highest BCUT2D eigenvalue weighted by molar-refractivity contribution is 6.30. The summed E-state index contributed by atoms with van der Waals surface area (Å²) in [5.74, 6) is -2.10. The Labute approximate surface area is 158 Å². The highest BCUT2D eigenvalue weighted by Crippen LogP contribution is 2.51. The van der Waals surface area contributed by atoms with E-state index in [0.29, 0.717) is 24.3 Å². The SMILES string of the molecule is COc1cnc(Cl)c(F)c1-c1cc2c(cc1C(=O)O)N(C)C(=O)C1(CC1)O2. The van der Waals surface area contributed by atoms with Crippen molar-refractivity contribution >= 4 is 29.2 Å². The first-order valence-electron chi connectivity index (χ1n) is 8.06. The fourth-order valence-corrected chi connectivity index (χ4v) is 3.39. The van der Waals surface area contributed by atoms with Gasteiger partial charge in [0.25, 0.3) is 5.91 Å². The van der Waals surface area contributed by atoms with E-state index >= 15 is 0 Å². The molecular formula is C18H14ClFN2O5. The van der Waals surface area contributed by atoms with E-state index in [0.717, 1.165) is 0 Å². The quantitative estimate of drug-likeness (QED) is 0.807. The van der Waals surface area contributed by atoms with Crippen LogP contribution in [0.4, 0.5) is 10.1 Å². The van der Waals surface area contributed by atoms with Gasteiger partial charge in [-0.05, 0) is 12.1 Å². The molecule has 1 spiro atoms. The lowest BCUT2D eigenvalue weighted by Gasteiger charge is -2.33.